The van der Waals surface area contributed by atoms with Gasteiger partial charge < -0.3 is 9.88 Å². The van der Waals surface area contributed by atoms with E-state index in [1.54, 1.807) is 28.7 Å². The number of hydrogen-bond acceptors (Lipinski definition) is 2. The van der Waals surface area contributed by atoms with Crippen molar-refractivity contribution in [3.63, 3.8) is 0 Å². The fraction of sp³-hybridized carbons (Fsp3) is 0.400. The van der Waals surface area contributed by atoms with Gasteiger partial charge in [0.05, 0.1) is 12.1 Å². The van der Waals surface area contributed by atoms with E-state index in [0.29, 0.717) is 10.7 Å². The molecule has 0 radical (unpaired) electrons. The van der Waals surface area contributed by atoms with Gasteiger partial charge in [0.2, 0.25) is 0 Å². The molecule has 1 aliphatic heterocycles. The fourth-order valence-electron chi connectivity index (χ4n) is 1.89. The highest BCUT2D eigenvalue weighted by molar-refractivity contribution is 14.1. The molecule has 0 bridgehead atoms. The number of amides is 1. The van der Waals surface area contributed by atoms with Gasteiger partial charge in [0.15, 0.2) is 5.43 Å². The monoisotopic (exact) mass is 352 g/mol. The number of pyridine rings is 1. The molecule has 0 saturated heterocycles. The van der Waals surface area contributed by atoms with Crippen molar-refractivity contribution < 1.29 is 4.79 Å². The van der Waals surface area contributed by atoms with Crippen LogP contribution in [0.3, 0.4) is 0 Å². The third kappa shape index (κ3) is 2.24. The van der Waals surface area contributed by atoms with Crippen molar-refractivity contribution in [2.45, 2.75) is 25.9 Å². The molecule has 2 rings (SSSR count). The van der Waals surface area contributed by atoms with Crippen molar-refractivity contribution in [1.29, 1.82) is 0 Å². The lowest BCUT2D eigenvalue weighted by Crippen LogP contribution is -2.23. The van der Waals surface area contributed by atoms with Crippen LogP contribution in [0.2, 0.25) is 5.15 Å². The van der Waals surface area contributed by atoms with Gasteiger partial charge in [0.25, 0.3) is 3.91 Å². The maximum atomic E-state index is 11.8. The van der Waals surface area contributed by atoms with Gasteiger partial charge in [-0.05, 0) is 12.8 Å². The Balaban J connectivity index is 2.38. The summed E-state index contributed by atoms with van der Waals surface area (Å²) in [5, 5.41) is 3.05. The van der Waals surface area contributed by atoms with Gasteiger partial charge in [-0.2, -0.15) is 0 Å². The predicted molar refractivity (Wildman–Crippen MR) is 70.3 cm³/mol. The minimum Gasteiger partial charge on any atom is -0.343 e. The van der Waals surface area contributed by atoms with E-state index in [4.69, 9.17) is 11.6 Å². The highest BCUT2D eigenvalue weighted by Gasteiger charge is 2.17. The number of rotatable bonds is 2. The Morgan fingerprint density at radius 3 is 3.06 bits per heavy atom. The molecule has 0 spiro atoms. The molecule has 1 aromatic rings. The summed E-state index contributed by atoms with van der Waals surface area (Å²) >= 11 is 7.78. The van der Waals surface area contributed by atoms with Crippen LogP contribution >= 0.6 is 34.2 Å². The highest BCUT2D eigenvalue weighted by atomic mass is 127. The largest absolute Gasteiger partial charge is 0.343 e. The second kappa shape index (κ2) is 4.75. The number of aryl methyl sites for hydroxylation is 1. The van der Waals surface area contributed by atoms with E-state index >= 15 is 0 Å². The van der Waals surface area contributed by atoms with Gasteiger partial charge in [-0.3, -0.25) is 9.59 Å². The van der Waals surface area contributed by atoms with Crippen LogP contribution in [0.1, 0.15) is 17.7 Å². The lowest BCUT2D eigenvalue weighted by molar-refractivity contribution is 0.262. The molecule has 86 valence electrons. The van der Waals surface area contributed by atoms with Gasteiger partial charge in [-0.25, -0.2) is 0 Å². The SMILES string of the molecule is O=C(I)NCc1c(Cl)n2c(cc1=O)CCC2. The molecule has 1 amide bonds. The first-order valence-electron chi connectivity index (χ1n) is 4.94. The van der Waals surface area contributed by atoms with E-state index in [0.717, 1.165) is 25.1 Å². The summed E-state index contributed by atoms with van der Waals surface area (Å²) in [6, 6.07) is 1.62. The van der Waals surface area contributed by atoms with Crippen LogP contribution in [-0.4, -0.2) is 8.48 Å². The van der Waals surface area contributed by atoms with Gasteiger partial charge >= 0.3 is 0 Å². The summed E-state index contributed by atoms with van der Waals surface area (Å²) in [5.74, 6) is 0. The molecule has 1 aliphatic rings. The Bertz CT molecular complexity index is 498. The maximum absolute atomic E-state index is 11.8. The Morgan fingerprint density at radius 2 is 2.38 bits per heavy atom. The first-order chi connectivity index (χ1) is 7.59. The Kier molecular flexibility index (Phi) is 3.53. The third-order valence-corrected chi connectivity index (χ3v) is 3.46. The fourth-order valence-corrected chi connectivity index (χ4v) is 2.44. The molecule has 0 aromatic carbocycles. The van der Waals surface area contributed by atoms with E-state index in [9.17, 15) is 9.59 Å². The van der Waals surface area contributed by atoms with Crippen molar-refractivity contribution in [2.75, 3.05) is 0 Å². The van der Waals surface area contributed by atoms with Crippen LogP contribution in [0.4, 0.5) is 4.79 Å². The normalized spacial score (nSPS) is 13.6. The number of halogens is 2. The van der Waals surface area contributed by atoms with Crippen molar-refractivity contribution in [2.24, 2.45) is 0 Å². The molecule has 0 fully saturated rings. The zero-order valence-corrected chi connectivity index (χ0v) is 11.3. The maximum Gasteiger partial charge on any atom is 0.280 e. The van der Waals surface area contributed by atoms with Gasteiger partial charge in [0, 0.05) is 40.9 Å². The van der Waals surface area contributed by atoms with Crippen molar-refractivity contribution in [3.05, 3.63) is 32.7 Å². The quantitative estimate of drug-likeness (QED) is 0.383. The number of hydrogen-bond donors (Lipinski definition) is 1. The lowest BCUT2D eigenvalue weighted by Gasteiger charge is -2.11. The molecular formula is C10H10ClIN2O2. The van der Waals surface area contributed by atoms with Crippen molar-refractivity contribution in [3.8, 4) is 0 Å². The summed E-state index contributed by atoms with van der Waals surface area (Å²) in [6.45, 7) is 1.04. The zero-order valence-electron chi connectivity index (χ0n) is 8.43. The summed E-state index contributed by atoms with van der Waals surface area (Å²) in [4.78, 5) is 22.6. The minimum atomic E-state index is -0.196. The topological polar surface area (TPSA) is 51.1 Å². The molecule has 0 aliphatic carbocycles. The number of aromatic nitrogens is 1. The highest BCUT2D eigenvalue weighted by Crippen LogP contribution is 2.21. The minimum absolute atomic E-state index is 0.0942. The third-order valence-electron chi connectivity index (χ3n) is 2.65. The predicted octanol–water partition coefficient (Wildman–Crippen LogP) is 2.09. The van der Waals surface area contributed by atoms with Crippen LogP contribution in [0.5, 0.6) is 0 Å². The number of carbonyl (C=O) groups is 1. The molecule has 1 aromatic heterocycles. The Hall–Kier alpha value is -0.560. The van der Waals surface area contributed by atoms with Gasteiger partial charge in [-0.1, -0.05) is 11.6 Å². The molecule has 1 N–H and O–H groups in total. The molecule has 0 unspecified atom stereocenters. The Morgan fingerprint density at radius 1 is 1.62 bits per heavy atom. The van der Waals surface area contributed by atoms with E-state index in [1.165, 1.54) is 0 Å². The van der Waals surface area contributed by atoms with Crippen LogP contribution in [0.15, 0.2) is 10.9 Å². The summed E-state index contributed by atoms with van der Waals surface area (Å²) < 4.78 is 1.75. The number of fused-ring (bicyclic) bond motifs is 1. The molecule has 0 atom stereocenters. The zero-order chi connectivity index (χ0) is 11.7. The summed E-state index contributed by atoms with van der Waals surface area (Å²) in [7, 11) is 0. The van der Waals surface area contributed by atoms with Crippen LogP contribution in [0.25, 0.3) is 0 Å². The van der Waals surface area contributed by atoms with E-state index in [1.807, 2.05) is 4.57 Å². The van der Waals surface area contributed by atoms with Crippen molar-refractivity contribution in [1.82, 2.24) is 9.88 Å². The van der Waals surface area contributed by atoms with E-state index in [2.05, 4.69) is 5.32 Å². The van der Waals surface area contributed by atoms with Gasteiger partial charge in [0.1, 0.15) is 5.15 Å². The van der Waals surface area contributed by atoms with Gasteiger partial charge in [-0.15, -0.1) is 0 Å². The summed E-state index contributed by atoms with van der Waals surface area (Å²) in [6.07, 6.45) is 1.91. The average molecular weight is 353 g/mol. The second-order valence-electron chi connectivity index (χ2n) is 3.65. The van der Waals surface area contributed by atoms with E-state index in [-0.39, 0.29) is 15.9 Å². The Labute approximate surface area is 111 Å². The number of carbonyl (C=O) groups excluding carboxylic acids is 1. The molecule has 0 saturated carbocycles. The molecule has 6 heteroatoms. The van der Waals surface area contributed by atoms with E-state index < -0.39 is 0 Å². The first-order valence-corrected chi connectivity index (χ1v) is 6.39. The second-order valence-corrected chi connectivity index (χ2v) is 4.99. The van der Waals surface area contributed by atoms with Crippen molar-refractivity contribution >= 4 is 38.1 Å². The molecular weight excluding hydrogens is 342 g/mol. The average Bonchev–Trinajstić information content (AvgIpc) is 2.64. The number of nitrogens with one attached hydrogen (secondary N) is 1. The van der Waals surface area contributed by atoms with Crippen LogP contribution in [0, 0.1) is 0 Å². The lowest BCUT2D eigenvalue weighted by atomic mass is 10.2. The molecule has 2 heterocycles. The first kappa shape index (κ1) is 11.9. The number of nitrogens with zero attached hydrogens (tertiary/aromatic N) is 1. The standard InChI is InChI=1S/C10H10ClIN2O2/c11-9-7(5-13-10(12)16)8(15)4-6-2-1-3-14(6)9/h4H,1-3,5H2,(H,13,16). The van der Waals surface area contributed by atoms with Crippen LogP contribution < -0.4 is 10.7 Å². The molecule has 4 nitrogen and oxygen atoms in total. The molecule has 16 heavy (non-hydrogen) atoms. The van der Waals surface area contributed by atoms with Crippen LogP contribution in [-0.2, 0) is 19.5 Å². The smallest absolute Gasteiger partial charge is 0.280 e. The summed E-state index contributed by atoms with van der Waals surface area (Å²) in [5.41, 5.74) is 1.36.